The Kier molecular flexibility index (Phi) is 5.49. The second-order valence-corrected chi connectivity index (χ2v) is 5.74. The third-order valence-electron chi connectivity index (χ3n) is 1.82. The van der Waals surface area contributed by atoms with E-state index in [1.54, 1.807) is 0 Å². The zero-order valence-electron chi connectivity index (χ0n) is 8.00. The highest BCUT2D eigenvalue weighted by Crippen LogP contribution is 2.45. The van der Waals surface area contributed by atoms with Crippen molar-refractivity contribution in [1.82, 2.24) is 0 Å². The molecule has 2 unspecified atom stereocenters. The van der Waals surface area contributed by atoms with Gasteiger partial charge in [0.25, 0.3) is 0 Å². The molecule has 0 fully saturated rings. The van der Waals surface area contributed by atoms with Crippen LogP contribution in [-0.2, 0) is 14.2 Å². The van der Waals surface area contributed by atoms with Gasteiger partial charge in [-0.05, 0) is 6.42 Å². The van der Waals surface area contributed by atoms with Gasteiger partial charge >= 0.3 is 11.9 Å². The van der Waals surface area contributed by atoms with E-state index in [0.29, 0.717) is 0 Å². The van der Waals surface area contributed by atoms with Crippen molar-refractivity contribution < 1.29 is 29.3 Å². The highest BCUT2D eigenvalue weighted by molar-refractivity contribution is 7.58. The molecule has 0 heterocycles. The summed E-state index contributed by atoms with van der Waals surface area (Å²) >= 11 is 0. The number of aliphatic carboxylic acids is 2. The van der Waals surface area contributed by atoms with Crippen LogP contribution in [0.2, 0.25) is 0 Å². The van der Waals surface area contributed by atoms with Crippen molar-refractivity contribution in [1.29, 1.82) is 0 Å². The number of carbonyl (C=O) groups is 2. The molecule has 0 aromatic heterocycles. The first-order valence-corrected chi connectivity index (χ1v) is 6.18. The van der Waals surface area contributed by atoms with E-state index < -0.39 is 37.7 Å². The van der Waals surface area contributed by atoms with Crippen LogP contribution in [0.1, 0.15) is 19.3 Å². The Hall–Kier alpha value is -0.910. The lowest BCUT2D eigenvalue weighted by Gasteiger charge is -2.17. The van der Waals surface area contributed by atoms with Crippen molar-refractivity contribution in [2.75, 3.05) is 6.16 Å². The molecule has 2 atom stereocenters. The molecule has 0 amide bonds. The minimum Gasteiger partial charge on any atom is -0.481 e. The third kappa shape index (κ3) is 6.22. The average molecular weight is 239 g/mol. The summed E-state index contributed by atoms with van der Waals surface area (Å²) in [4.78, 5) is 29.7. The zero-order valence-corrected chi connectivity index (χ0v) is 8.89. The summed E-state index contributed by atoms with van der Waals surface area (Å²) in [7, 11) is -3.76. The van der Waals surface area contributed by atoms with E-state index in [1.807, 2.05) is 0 Å². The number of hydrogen-bond donors (Lipinski definition) is 4. The Labute approximate surface area is 86.4 Å². The molecule has 0 radical (unpaired) electrons. The quantitative estimate of drug-likeness (QED) is 0.454. The summed E-state index contributed by atoms with van der Waals surface area (Å²) in [5.41, 5.74) is 5.32. The molecule has 15 heavy (non-hydrogen) atoms. The second kappa shape index (κ2) is 5.85. The molecule has 88 valence electrons. The fourth-order valence-corrected chi connectivity index (χ4v) is 2.27. The van der Waals surface area contributed by atoms with E-state index in [9.17, 15) is 19.0 Å². The Bertz CT molecular complexity index is 291. The van der Waals surface area contributed by atoms with Gasteiger partial charge in [0, 0.05) is 12.6 Å². The van der Waals surface area contributed by atoms with Gasteiger partial charge in [-0.2, -0.15) is 0 Å². The van der Waals surface area contributed by atoms with Crippen molar-refractivity contribution >= 4 is 19.3 Å². The fraction of sp³-hybridized carbons (Fsp3) is 0.714. The topological polar surface area (TPSA) is 138 Å². The summed E-state index contributed by atoms with van der Waals surface area (Å²) in [6, 6.07) is 0. The van der Waals surface area contributed by atoms with E-state index in [1.165, 1.54) is 0 Å². The first kappa shape index (κ1) is 14.1. The van der Waals surface area contributed by atoms with Crippen molar-refractivity contribution in [3.63, 3.8) is 0 Å². The zero-order chi connectivity index (χ0) is 12.1. The van der Waals surface area contributed by atoms with Crippen molar-refractivity contribution in [2.45, 2.75) is 25.0 Å². The van der Waals surface area contributed by atoms with Gasteiger partial charge in [-0.1, -0.05) is 0 Å². The van der Waals surface area contributed by atoms with E-state index in [2.05, 4.69) is 0 Å². The maximum absolute atomic E-state index is 11.4. The van der Waals surface area contributed by atoms with Crippen LogP contribution >= 0.6 is 7.37 Å². The predicted octanol–water partition coefficient (Wildman–Crippen LogP) is -0.119. The standard InChI is InChI=1S/C7H14NO6P/c8-5(1-2-6(9)10)15(13,14)4-3-7(11)12/h5H,1-4,8H2,(H,9,10)(H,11,12)(H,13,14). The Balaban J connectivity index is 4.13. The lowest BCUT2D eigenvalue weighted by atomic mass is 10.3. The third-order valence-corrected chi connectivity index (χ3v) is 3.98. The predicted molar refractivity (Wildman–Crippen MR) is 51.8 cm³/mol. The molecule has 0 aliphatic carbocycles. The minimum atomic E-state index is -3.76. The van der Waals surface area contributed by atoms with E-state index in [0.717, 1.165) is 0 Å². The maximum Gasteiger partial charge on any atom is 0.303 e. The van der Waals surface area contributed by atoms with Gasteiger partial charge in [0.2, 0.25) is 7.37 Å². The molecule has 8 heteroatoms. The monoisotopic (exact) mass is 239 g/mol. The van der Waals surface area contributed by atoms with Crippen LogP contribution in [0.5, 0.6) is 0 Å². The lowest BCUT2D eigenvalue weighted by molar-refractivity contribution is -0.138. The van der Waals surface area contributed by atoms with Crippen LogP contribution < -0.4 is 5.73 Å². The van der Waals surface area contributed by atoms with Gasteiger partial charge in [0.05, 0.1) is 12.2 Å². The summed E-state index contributed by atoms with van der Waals surface area (Å²) in [6.45, 7) is 0. The Morgan fingerprint density at radius 2 is 1.67 bits per heavy atom. The highest BCUT2D eigenvalue weighted by Gasteiger charge is 2.28. The van der Waals surface area contributed by atoms with Gasteiger partial charge in [-0.3, -0.25) is 14.2 Å². The summed E-state index contributed by atoms with van der Waals surface area (Å²) in [5.74, 6) is -3.47. The highest BCUT2D eigenvalue weighted by atomic mass is 31.2. The Morgan fingerprint density at radius 3 is 2.07 bits per heavy atom. The first-order valence-electron chi connectivity index (χ1n) is 4.26. The molecule has 0 aromatic carbocycles. The minimum absolute atomic E-state index is 0.136. The van der Waals surface area contributed by atoms with Crippen LogP contribution in [0.15, 0.2) is 0 Å². The van der Waals surface area contributed by atoms with Crippen LogP contribution in [0.4, 0.5) is 0 Å². The molecular weight excluding hydrogens is 225 g/mol. The molecule has 0 bridgehead atoms. The number of rotatable bonds is 7. The molecule has 0 aliphatic heterocycles. The normalized spacial score (nSPS) is 16.7. The summed E-state index contributed by atoms with van der Waals surface area (Å²) < 4.78 is 11.4. The molecule has 7 nitrogen and oxygen atoms in total. The SMILES string of the molecule is NC(CCC(=O)O)P(=O)(O)CCC(=O)O. The van der Waals surface area contributed by atoms with Gasteiger partial charge in [0.1, 0.15) is 0 Å². The maximum atomic E-state index is 11.4. The first-order chi connectivity index (χ1) is 6.75. The van der Waals surface area contributed by atoms with Gasteiger partial charge in [-0.15, -0.1) is 0 Å². The van der Waals surface area contributed by atoms with Crippen LogP contribution in [-0.4, -0.2) is 39.0 Å². The summed E-state index contributed by atoms with van der Waals surface area (Å²) in [6.07, 6.45) is -1.32. The van der Waals surface area contributed by atoms with Gasteiger partial charge in [-0.25, -0.2) is 0 Å². The second-order valence-electron chi connectivity index (χ2n) is 3.12. The number of hydrogen-bond acceptors (Lipinski definition) is 4. The van der Waals surface area contributed by atoms with Crippen LogP contribution in [0, 0.1) is 0 Å². The van der Waals surface area contributed by atoms with E-state index in [4.69, 9.17) is 15.9 Å². The van der Waals surface area contributed by atoms with Crippen LogP contribution in [0.3, 0.4) is 0 Å². The number of carboxylic acid groups (broad SMARTS) is 2. The summed E-state index contributed by atoms with van der Waals surface area (Å²) in [5, 5.41) is 16.6. The number of carboxylic acids is 2. The fourth-order valence-electron chi connectivity index (χ4n) is 0.895. The van der Waals surface area contributed by atoms with Gasteiger partial charge < -0.3 is 20.8 Å². The van der Waals surface area contributed by atoms with E-state index in [-0.39, 0.29) is 12.8 Å². The van der Waals surface area contributed by atoms with Gasteiger partial charge in [0.15, 0.2) is 0 Å². The average Bonchev–Trinajstić information content (AvgIpc) is 2.11. The molecule has 5 N–H and O–H groups in total. The lowest BCUT2D eigenvalue weighted by Crippen LogP contribution is -2.23. The van der Waals surface area contributed by atoms with E-state index >= 15 is 0 Å². The molecule has 0 spiro atoms. The smallest absolute Gasteiger partial charge is 0.303 e. The molecule has 0 aliphatic rings. The number of nitrogens with two attached hydrogens (primary N) is 1. The van der Waals surface area contributed by atoms with Crippen molar-refractivity contribution in [3.8, 4) is 0 Å². The molecule has 0 aromatic rings. The van der Waals surface area contributed by atoms with Crippen LogP contribution in [0.25, 0.3) is 0 Å². The largest absolute Gasteiger partial charge is 0.481 e. The molecular formula is C7H14NO6P. The molecule has 0 saturated heterocycles. The Morgan fingerprint density at radius 1 is 1.20 bits per heavy atom. The van der Waals surface area contributed by atoms with Crippen molar-refractivity contribution in [2.24, 2.45) is 5.73 Å². The molecule has 0 rings (SSSR count). The van der Waals surface area contributed by atoms with Crippen molar-refractivity contribution in [3.05, 3.63) is 0 Å². The molecule has 0 saturated carbocycles.